The highest BCUT2D eigenvalue weighted by Gasteiger charge is 2.38. The fourth-order valence-electron chi connectivity index (χ4n) is 2.09. The molecule has 1 saturated carbocycles. The molecule has 1 fully saturated rings. The van der Waals surface area contributed by atoms with Gasteiger partial charge in [0, 0.05) is 12.6 Å². The van der Waals surface area contributed by atoms with Crippen molar-refractivity contribution in [2.75, 3.05) is 14.2 Å². The third kappa shape index (κ3) is 4.15. The summed E-state index contributed by atoms with van der Waals surface area (Å²) in [7, 11) is 3.13. The van der Waals surface area contributed by atoms with Crippen LogP contribution in [0.1, 0.15) is 32.3 Å². The third-order valence-electron chi connectivity index (χ3n) is 3.95. The van der Waals surface area contributed by atoms with E-state index in [1.54, 1.807) is 40.2 Å². The number of carbonyl (C=O) groups excluding carboxylic acids is 2. The van der Waals surface area contributed by atoms with Gasteiger partial charge in [0.1, 0.15) is 5.41 Å². The largest absolute Gasteiger partial charge is 0.493 e. The molecule has 0 heterocycles. The van der Waals surface area contributed by atoms with E-state index in [4.69, 9.17) is 9.47 Å². The van der Waals surface area contributed by atoms with Crippen molar-refractivity contribution in [3.8, 4) is 11.5 Å². The molecule has 0 spiro atoms. The zero-order valence-electron chi connectivity index (χ0n) is 14.1. The Morgan fingerprint density at radius 3 is 2.35 bits per heavy atom. The van der Waals surface area contributed by atoms with Crippen molar-refractivity contribution in [3.05, 3.63) is 23.8 Å². The van der Waals surface area contributed by atoms with Gasteiger partial charge < -0.3 is 20.1 Å². The average Bonchev–Trinajstić information content (AvgIpc) is 3.35. The predicted molar refractivity (Wildman–Crippen MR) is 86.3 cm³/mol. The first-order chi connectivity index (χ1) is 10.9. The number of methoxy groups -OCH3 is 2. The normalized spacial score (nSPS) is 14.1. The van der Waals surface area contributed by atoms with E-state index in [1.165, 1.54) is 0 Å². The van der Waals surface area contributed by atoms with E-state index in [1.807, 2.05) is 6.07 Å². The van der Waals surface area contributed by atoms with Gasteiger partial charge in [-0.25, -0.2) is 0 Å². The maximum Gasteiger partial charge on any atom is 0.235 e. The molecule has 23 heavy (non-hydrogen) atoms. The summed E-state index contributed by atoms with van der Waals surface area (Å²) in [5, 5.41) is 5.68. The van der Waals surface area contributed by atoms with Crippen LogP contribution in [0.3, 0.4) is 0 Å². The molecule has 0 saturated heterocycles. The summed E-state index contributed by atoms with van der Waals surface area (Å²) in [5.41, 5.74) is -0.228. The van der Waals surface area contributed by atoms with E-state index < -0.39 is 5.41 Å². The zero-order valence-corrected chi connectivity index (χ0v) is 14.1. The van der Waals surface area contributed by atoms with Crippen LogP contribution in [0.5, 0.6) is 11.5 Å². The molecule has 0 radical (unpaired) electrons. The highest BCUT2D eigenvalue weighted by atomic mass is 16.5. The van der Waals surface area contributed by atoms with Crippen molar-refractivity contribution in [3.63, 3.8) is 0 Å². The Morgan fingerprint density at radius 2 is 1.78 bits per heavy atom. The summed E-state index contributed by atoms with van der Waals surface area (Å²) in [6.07, 6.45) is 1.99. The van der Waals surface area contributed by atoms with E-state index in [0.29, 0.717) is 18.0 Å². The van der Waals surface area contributed by atoms with Gasteiger partial charge in [-0.2, -0.15) is 0 Å². The molecule has 2 N–H and O–H groups in total. The number of hydrogen-bond acceptors (Lipinski definition) is 4. The van der Waals surface area contributed by atoms with Crippen LogP contribution in [-0.4, -0.2) is 32.1 Å². The summed E-state index contributed by atoms with van der Waals surface area (Å²) < 4.78 is 10.4. The van der Waals surface area contributed by atoms with Gasteiger partial charge in [0.05, 0.1) is 14.2 Å². The van der Waals surface area contributed by atoms with Crippen molar-refractivity contribution >= 4 is 11.8 Å². The van der Waals surface area contributed by atoms with Crippen LogP contribution in [0, 0.1) is 5.41 Å². The van der Waals surface area contributed by atoms with Crippen molar-refractivity contribution in [1.82, 2.24) is 10.6 Å². The highest BCUT2D eigenvalue weighted by Crippen LogP contribution is 2.28. The van der Waals surface area contributed by atoms with E-state index in [-0.39, 0.29) is 17.9 Å². The maximum atomic E-state index is 12.3. The molecule has 2 amide bonds. The molecule has 1 aliphatic rings. The minimum atomic E-state index is -1.10. The van der Waals surface area contributed by atoms with Crippen LogP contribution in [-0.2, 0) is 16.1 Å². The van der Waals surface area contributed by atoms with Crippen LogP contribution < -0.4 is 20.1 Å². The Balaban J connectivity index is 1.96. The van der Waals surface area contributed by atoms with Crippen molar-refractivity contribution < 1.29 is 19.1 Å². The van der Waals surface area contributed by atoms with Gasteiger partial charge in [-0.05, 0) is 44.4 Å². The molecule has 1 aromatic rings. The van der Waals surface area contributed by atoms with Gasteiger partial charge in [-0.1, -0.05) is 6.07 Å². The number of hydrogen-bond donors (Lipinski definition) is 2. The second kappa shape index (κ2) is 6.89. The number of carbonyl (C=O) groups is 2. The minimum Gasteiger partial charge on any atom is -0.493 e. The number of nitrogens with one attached hydrogen (secondary N) is 2. The van der Waals surface area contributed by atoms with Crippen LogP contribution in [0.25, 0.3) is 0 Å². The first kappa shape index (κ1) is 17.1. The lowest BCUT2D eigenvalue weighted by Crippen LogP contribution is -2.48. The molecule has 1 aliphatic carbocycles. The second-order valence-corrected chi connectivity index (χ2v) is 6.24. The first-order valence-electron chi connectivity index (χ1n) is 7.68. The fourth-order valence-corrected chi connectivity index (χ4v) is 2.09. The molecule has 0 bridgehead atoms. The molecule has 2 rings (SSSR count). The summed E-state index contributed by atoms with van der Waals surface area (Å²) in [6.45, 7) is 3.59. The zero-order chi connectivity index (χ0) is 17.0. The molecule has 126 valence electrons. The lowest BCUT2D eigenvalue weighted by molar-refractivity contribution is -0.141. The molecule has 6 nitrogen and oxygen atoms in total. The molecular weight excluding hydrogens is 296 g/mol. The number of benzene rings is 1. The standard InChI is InChI=1S/C17H24N2O4/c1-17(2,16(21)19-12-6-7-12)15(20)18-10-11-5-8-13(22-3)14(9-11)23-4/h5,8-9,12H,6-7,10H2,1-4H3,(H,18,20)(H,19,21). The van der Waals surface area contributed by atoms with Gasteiger partial charge in [0.15, 0.2) is 11.5 Å². The Labute approximate surface area is 136 Å². The summed E-state index contributed by atoms with van der Waals surface area (Å²) in [5.74, 6) is 0.701. The number of ether oxygens (including phenoxy) is 2. The Hall–Kier alpha value is -2.24. The van der Waals surface area contributed by atoms with Crippen molar-refractivity contribution in [1.29, 1.82) is 0 Å². The topological polar surface area (TPSA) is 76.7 Å². The Morgan fingerprint density at radius 1 is 1.13 bits per heavy atom. The lowest BCUT2D eigenvalue weighted by Gasteiger charge is -2.22. The van der Waals surface area contributed by atoms with Crippen LogP contribution >= 0.6 is 0 Å². The number of rotatable bonds is 7. The second-order valence-electron chi connectivity index (χ2n) is 6.24. The quantitative estimate of drug-likeness (QED) is 0.749. The SMILES string of the molecule is COc1ccc(CNC(=O)C(C)(C)C(=O)NC2CC2)cc1OC. The monoisotopic (exact) mass is 320 g/mol. The molecule has 6 heteroatoms. The molecule has 0 unspecified atom stereocenters. The smallest absolute Gasteiger partial charge is 0.235 e. The van der Waals surface area contributed by atoms with E-state index in [2.05, 4.69) is 10.6 Å². The van der Waals surface area contributed by atoms with Gasteiger partial charge >= 0.3 is 0 Å². The van der Waals surface area contributed by atoms with Gasteiger partial charge in [-0.15, -0.1) is 0 Å². The Kier molecular flexibility index (Phi) is 5.13. The van der Waals surface area contributed by atoms with Gasteiger partial charge in [-0.3, -0.25) is 9.59 Å². The lowest BCUT2D eigenvalue weighted by atomic mass is 9.91. The van der Waals surface area contributed by atoms with Gasteiger partial charge in [0.2, 0.25) is 11.8 Å². The molecule has 0 atom stereocenters. The Bertz CT molecular complexity index is 594. The van der Waals surface area contributed by atoms with Crippen LogP contribution in [0.15, 0.2) is 18.2 Å². The van der Waals surface area contributed by atoms with Crippen LogP contribution in [0.2, 0.25) is 0 Å². The molecule has 0 aromatic heterocycles. The average molecular weight is 320 g/mol. The summed E-state index contributed by atoms with van der Waals surface area (Å²) in [6, 6.07) is 5.67. The van der Waals surface area contributed by atoms with Gasteiger partial charge in [0.25, 0.3) is 0 Å². The highest BCUT2D eigenvalue weighted by molar-refractivity contribution is 6.04. The van der Waals surface area contributed by atoms with E-state index in [9.17, 15) is 9.59 Å². The molecule has 1 aromatic carbocycles. The summed E-state index contributed by atoms with van der Waals surface area (Å²) in [4.78, 5) is 24.5. The number of amides is 2. The predicted octanol–water partition coefficient (Wildman–Crippen LogP) is 1.62. The van der Waals surface area contributed by atoms with E-state index >= 15 is 0 Å². The van der Waals surface area contributed by atoms with Crippen molar-refractivity contribution in [2.24, 2.45) is 5.41 Å². The minimum absolute atomic E-state index is 0.232. The van der Waals surface area contributed by atoms with E-state index in [0.717, 1.165) is 18.4 Å². The molecular formula is C17H24N2O4. The van der Waals surface area contributed by atoms with Crippen LogP contribution in [0.4, 0.5) is 0 Å². The third-order valence-corrected chi connectivity index (χ3v) is 3.95. The maximum absolute atomic E-state index is 12.3. The van der Waals surface area contributed by atoms with Crippen molar-refractivity contribution in [2.45, 2.75) is 39.3 Å². The molecule has 0 aliphatic heterocycles. The summed E-state index contributed by atoms with van der Waals surface area (Å²) >= 11 is 0. The first-order valence-corrected chi connectivity index (χ1v) is 7.68. The fraction of sp³-hybridized carbons (Fsp3) is 0.529.